The Labute approximate surface area is 147 Å². The number of imidazole rings is 1. The highest BCUT2D eigenvalue weighted by Crippen LogP contribution is 2.30. The maximum absolute atomic E-state index is 13.0. The zero-order chi connectivity index (χ0) is 18.3. The van der Waals surface area contributed by atoms with Gasteiger partial charge < -0.3 is 10.6 Å². The first-order valence-electron chi connectivity index (χ1n) is 8.30. The third kappa shape index (κ3) is 3.10. The number of hydrogen-bond acceptors (Lipinski definition) is 5. The summed E-state index contributed by atoms with van der Waals surface area (Å²) < 4.78 is 40.4. The second-order valence-electron chi connectivity index (χ2n) is 6.37. The lowest BCUT2D eigenvalue weighted by molar-refractivity contribution is -0.137. The first-order chi connectivity index (χ1) is 12.4. The molecule has 0 radical (unpaired) electrons. The Morgan fingerprint density at radius 2 is 2.00 bits per heavy atom. The lowest BCUT2D eigenvalue weighted by atomic mass is 10.1. The smallest absolute Gasteiger partial charge is 0.355 e. The molecule has 1 fully saturated rings. The van der Waals surface area contributed by atoms with Crippen LogP contribution in [0.5, 0.6) is 0 Å². The van der Waals surface area contributed by atoms with Gasteiger partial charge in [0.2, 0.25) is 0 Å². The van der Waals surface area contributed by atoms with Gasteiger partial charge in [-0.15, -0.1) is 0 Å². The molecule has 0 saturated carbocycles. The van der Waals surface area contributed by atoms with Crippen molar-refractivity contribution in [2.75, 3.05) is 18.0 Å². The van der Waals surface area contributed by atoms with Gasteiger partial charge in [-0.05, 0) is 31.0 Å². The van der Waals surface area contributed by atoms with E-state index < -0.39 is 11.7 Å². The lowest BCUT2D eigenvalue weighted by Crippen LogP contribution is -2.43. The Bertz CT molecular complexity index is 936. The topological polar surface area (TPSA) is 72.3 Å². The third-order valence-corrected chi connectivity index (χ3v) is 4.48. The third-order valence-electron chi connectivity index (χ3n) is 4.48. The molecule has 0 spiro atoms. The van der Waals surface area contributed by atoms with Crippen molar-refractivity contribution < 1.29 is 13.2 Å². The zero-order valence-electron chi connectivity index (χ0n) is 13.8. The fourth-order valence-electron chi connectivity index (χ4n) is 3.18. The maximum atomic E-state index is 13.0. The van der Waals surface area contributed by atoms with Crippen molar-refractivity contribution in [3.8, 4) is 11.5 Å². The molecule has 6 nitrogen and oxygen atoms in total. The van der Waals surface area contributed by atoms with E-state index in [1.165, 1.54) is 16.7 Å². The zero-order valence-corrected chi connectivity index (χ0v) is 13.8. The van der Waals surface area contributed by atoms with E-state index in [2.05, 4.69) is 19.9 Å². The van der Waals surface area contributed by atoms with Crippen LogP contribution in [0.4, 0.5) is 19.0 Å². The minimum Gasteiger partial charge on any atom is -0.355 e. The van der Waals surface area contributed by atoms with E-state index in [0.29, 0.717) is 29.5 Å². The largest absolute Gasteiger partial charge is 0.417 e. The number of nitrogens with two attached hydrogens (primary N) is 1. The molecule has 0 aromatic carbocycles. The second kappa shape index (κ2) is 6.24. The molecule has 1 saturated heterocycles. The van der Waals surface area contributed by atoms with Gasteiger partial charge in [-0.3, -0.25) is 4.40 Å². The molecular weight excluding hydrogens is 345 g/mol. The van der Waals surface area contributed by atoms with Gasteiger partial charge in [-0.25, -0.2) is 15.0 Å². The molecule has 4 rings (SSSR count). The van der Waals surface area contributed by atoms with Gasteiger partial charge in [0.05, 0.1) is 11.8 Å². The molecule has 26 heavy (non-hydrogen) atoms. The van der Waals surface area contributed by atoms with Crippen molar-refractivity contribution in [3.63, 3.8) is 0 Å². The molecule has 0 amide bonds. The lowest BCUT2D eigenvalue weighted by Gasteiger charge is -2.31. The summed E-state index contributed by atoms with van der Waals surface area (Å²) in [5, 5.41) is 0. The highest BCUT2D eigenvalue weighted by Gasteiger charge is 2.31. The fraction of sp³-hybridized carbons (Fsp3) is 0.353. The van der Waals surface area contributed by atoms with Crippen LogP contribution in [0.1, 0.15) is 18.4 Å². The number of aromatic nitrogens is 4. The highest BCUT2D eigenvalue weighted by molar-refractivity contribution is 5.59. The van der Waals surface area contributed by atoms with Crippen LogP contribution in [0, 0.1) is 0 Å². The molecule has 9 heteroatoms. The summed E-state index contributed by atoms with van der Waals surface area (Å²) in [7, 11) is 0. The van der Waals surface area contributed by atoms with Gasteiger partial charge in [0, 0.05) is 31.5 Å². The summed E-state index contributed by atoms with van der Waals surface area (Å²) in [4.78, 5) is 15.0. The molecule has 1 aliphatic rings. The van der Waals surface area contributed by atoms with Gasteiger partial charge in [0.25, 0.3) is 0 Å². The van der Waals surface area contributed by atoms with Gasteiger partial charge in [0.1, 0.15) is 17.2 Å². The average Bonchev–Trinajstić information content (AvgIpc) is 3.04. The molecule has 1 atom stereocenters. The second-order valence-corrected chi connectivity index (χ2v) is 6.37. The van der Waals surface area contributed by atoms with E-state index in [-0.39, 0.29) is 6.04 Å². The van der Waals surface area contributed by atoms with E-state index in [1.54, 1.807) is 12.3 Å². The number of halogens is 3. The van der Waals surface area contributed by atoms with Crippen molar-refractivity contribution in [2.45, 2.75) is 25.1 Å². The highest BCUT2D eigenvalue weighted by atomic mass is 19.4. The summed E-state index contributed by atoms with van der Waals surface area (Å²) in [5.74, 6) is 1.04. The maximum Gasteiger partial charge on any atom is 0.417 e. The Morgan fingerprint density at radius 1 is 1.15 bits per heavy atom. The van der Waals surface area contributed by atoms with Crippen LogP contribution in [-0.4, -0.2) is 38.5 Å². The SMILES string of the molecule is NC1CCCN(c2ccnc(-c3cnc4ccc(C(F)(F)F)cn34)n2)C1. The van der Waals surface area contributed by atoms with E-state index in [4.69, 9.17) is 5.73 Å². The van der Waals surface area contributed by atoms with Crippen molar-refractivity contribution in [1.82, 2.24) is 19.4 Å². The summed E-state index contributed by atoms with van der Waals surface area (Å²) in [6.45, 7) is 1.54. The quantitative estimate of drug-likeness (QED) is 0.759. The Balaban J connectivity index is 1.74. The number of pyridine rings is 1. The molecular formula is C17H17F3N6. The average molecular weight is 362 g/mol. The number of hydrogen-bond donors (Lipinski definition) is 1. The molecule has 1 unspecified atom stereocenters. The summed E-state index contributed by atoms with van der Waals surface area (Å²) >= 11 is 0. The van der Waals surface area contributed by atoms with Crippen LogP contribution in [0.25, 0.3) is 17.2 Å². The molecule has 0 bridgehead atoms. The van der Waals surface area contributed by atoms with Crippen molar-refractivity contribution in [3.05, 3.63) is 42.4 Å². The Morgan fingerprint density at radius 3 is 2.77 bits per heavy atom. The van der Waals surface area contributed by atoms with Crippen LogP contribution in [0.2, 0.25) is 0 Å². The van der Waals surface area contributed by atoms with Crippen LogP contribution >= 0.6 is 0 Å². The van der Waals surface area contributed by atoms with Crippen molar-refractivity contribution >= 4 is 11.5 Å². The molecule has 0 aliphatic carbocycles. The predicted molar refractivity (Wildman–Crippen MR) is 90.6 cm³/mol. The van der Waals surface area contributed by atoms with E-state index in [1.807, 2.05) is 0 Å². The van der Waals surface area contributed by atoms with Crippen LogP contribution < -0.4 is 10.6 Å². The molecule has 136 valence electrons. The number of nitrogens with zero attached hydrogens (tertiary/aromatic N) is 5. The summed E-state index contributed by atoms with van der Waals surface area (Å²) in [6.07, 6.45) is 1.63. The summed E-state index contributed by atoms with van der Waals surface area (Å²) in [5.41, 5.74) is 6.09. The standard InChI is InChI=1S/C17H17F3N6/c18-17(19,20)11-3-4-14-23-8-13(26(14)9-11)16-22-6-5-15(24-16)25-7-1-2-12(21)10-25/h3-6,8-9,12H,1-2,7,10,21H2. The van der Waals surface area contributed by atoms with Crippen LogP contribution in [0.15, 0.2) is 36.8 Å². The van der Waals surface area contributed by atoms with Gasteiger partial charge in [-0.1, -0.05) is 0 Å². The summed E-state index contributed by atoms with van der Waals surface area (Å²) in [6, 6.07) is 4.22. The number of piperidine rings is 1. The fourth-order valence-corrected chi connectivity index (χ4v) is 3.18. The molecule has 1 aliphatic heterocycles. The van der Waals surface area contributed by atoms with Crippen LogP contribution in [0.3, 0.4) is 0 Å². The van der Waals surface area contributed by atoms with Crippen LogP contribution in [-0.2, 0) is 6.18 Å². The van der Waals surface area contributed by atoms with Gasteiger partial charge >= 0.3 is 6.18 Å². The minimum absolute atomic E-state index is 0.0901. The first-order valence-corrected chi connectivity index (χ1v) is 8.30. The predicted octanol–water partition coefficient (Wildman–Crippen LogP) is 2.74. The van der Waals surface area contributed by atoms with E-state index in [9.17, 15) is 13.2 Å². The van der Waals surface area contributed by atoms with E-state index in [0.717, 1.165) is 31.6 Å². The normalized spacial score (nSPS) is 18.5. The number of alkyl halides is 3. The number of anilines is 1. The molecule has 3 aromatic rings. The van der Waals surface area contributed by atoms with Gasteiger partial charge in [-0.2, -0.15) is 13.2 Å². The number of rotatable bonds is 2. The van der Waals surface area contributed by atoms with Crippen molar-refractivity contribution in [2.24, 2.45) is 5.73 Å². The minimum atomic E-state index is -4.43. The molecule has 3 aromatic heterocycles. The Kier molecular flexibility index (Phi) is 4.03. The molecule has 4 heterocycles. The first kappa shape index (κ1) is 16.8. The van der Waals surface area contributed by atoms with Crippen molar-refractivity contribution in [1.29, 1.82) is 0 Å². The molecule has 2 N–H and O–H groups in total. The van der Waals surface area contributed by atoms with E-state index >= 15 is 0 Å². The van der Waals surface area contributed by atoms with Gasteiger partial charge in [0.15, 0.2) is 5.82 Å². The number of fused-ring (bicyclic) bond motifs is 1. The monoisotopic (exact) mass is 362 g/mol. The Hall–Kier alpha value is -2.68.